The molecule has 0 aromatic carbocycles. The number of aromatic nitrogens is 2. The van der Waals surface area contributed by atoms with Crippen LogP contribution in [0.1, 0.15) is 23.3 Å². The first kappa shape index (κ1) is 13.7. The maximum Gasteiger partial charge on any atom is 0.271 e. The number of nitrogens with one attached hydrogen (secondary N) is 2. The molecule has 8 nitrogen and oxygen atoms in total. The molecule has 2 rings (SSSR count). The molecular formula is C10H15N5O3S. The van der Waals surface area contributed by atoms with E-state index in [0.717, 1.165) is 0 Å². The third-order valence-electron chi connectivity index (χ3n) is 3.00. The number of rotatable bonds is 4. The van der Waals surface area contributed by atoms with Crippen molar-refractivity contribution in [3.05, 3.63) is 17.8 Å². The summed E-state index contributed by atoms with van der Waals surface area (Å²) in [6.07, 6.45) is 1.24. The van der Waals surface area contributed by atoms with E-state index in [2.05, 4.69) is 20.9 Å². The average Bonchev–Trinajstić information content (AvgIpc) is 2.75. The predicted molar refractivity (Wildman–Crippen MR) is 69.0 cm³/mol. The Labute approximate surface area is 110 Å². The molecule has 1 aromatic heterocycles. The third-order valence-corrected chi connectivity index (χ3v) is 5.27. The van der Waals surface area contributed by atoms with Crippen molar-refractivity contribution in [2.24, 2.45) is 5.84 Å². The van der Waals surface area contributed by atoms with E-state index in [1.807, 2.05) is 0 Å². The fourth-order valence-electron chi connectivity index (χ4n) is 1.91. The third kappa shape index (κ3) is 3.18. The van der Waals surface area contributed by atoms with Crippen LogP contribution in [0.15, 0.2) is 12.1 Å². The lowest BCUT2D eigenvalue weighted by molar-refractivity contribution is 0.0947. The molecule has 1 unspecified atom stereocenters. The summed E-state index contributed by atoms with van der Waals surface area (Å²) in [6, 6.07) is 2.97. The predicted octanol–water partition coefficient (Wildman–Crippen LogP) is -0.931. The van der Waals surface area contributed by atoms with Crippen LogP contribution in [-0.4, -0.2) is 42.1 Å². The Morgan fingerprint density at radius 2 is 2.21 bits per heavy atom. The molecule has 104 valence electrons. The molecule has 0 aliphatic carbocycles. The van der Waals surface area contributed by atoms with E-state index < -0.39 is 21.0 Å². The number of nitrogens with two attached hydrogens (primary N) is 1. The zero-order valence-electron chi connectivity index (χ0n) is 10.2. The molecule has 1 atom stereocenters. The van der Waals surface area contributed by atoms with Gasteiger partial charge in [-0.3, -0.25) is 4.79 Å². The number of hydrazine groups is 1. The molecule has 0 spiro atoms. The van der Waals surface area contributed by atoms with Gasteiger partial charge < -0.3 is 10.7 Å². The first-order valence-electron chi connectivity index (χ1n) is 5.83. The Morgan fingerprint density at radius 3 is 2.74 bits per heavy atom. The van der Waals surface area contributed by atoms with Crippen LogP contribution < -0.4 is 16.6 Å². The van der Waals surface area contributed by atoms with Crippen molar-refractivity contribution in [1.29, 1.82) is 0 Å². The van der Waals surface area contributed by atoms with Gasteiger partial charge in [0.25, 0.3) is 5.91 Å². The second-order valence-corrected chi connectivity index (χ2v) is 6.69. The number of amides is 1. The van der Waals surface area contributed by atoms with Crippen LogP contribution in [0.5, 0.6) is 0 Å². The standard InChI is InChI=1S/C10H15N5O3S/c11-13-9-4-3-8(14-15-9)10(16)12-6-7-2-1-5-19(7,17)18/h3-4,7H,1-2,5-6,11H2,(H,12,16)(H,13,15). The van der Waals surface area contributed by atoms with Crippen LogP contribution in [0, 0.1) is 0 Å². The smallest absolute Gasteiger partial charge is 0.271 e. The monoisotopic (exact) mass is 285 g/mol. The molecular weight excluding hydrogens is 270 g/mol. The molecule has 1 aromatic rings. The number of nitrogens with zero attached hydrogens (tertiary/aromatic N) is 2. The molecule has 0 bridgehead atoms. The zero-order valence-corrected chi connectivity index (χ0v) is 11.0. The van der Waals surface area contributed by atoms with Crippen molar-refractivity contribution in [2.45, 2.75) is 18.1 Å². The highest BCUT2D eigenvalue weighted by Gasteiger charge is 2.31. The fraction of sp³-hybridized carbons (Fsp3) is 0.500. The number of carbonyl (C=O) groups excluding carboxylic acids is 1. The van der Waals surface area contributed by atoms with Gasteiger partial charge in [0.05, 0.1) is 11.0 Å². The average molecular weight is 285 g/mol. The summed E-state index contributed by atoms with van der Waals surface area (Å²) in [5.74, 6) is 5.22. The summed E-state index contributed by atoms with van der Waals surface area (Å²) in [5.41, 5.74) is 2.42. The van der Waals surface area contributed by atoms with Gasteiger partial charge in [-0.25, -0.2) is 14.3 Å². The summed E-state index contributed by atoms with van der Waals surface area (Å²) >= 11 is 0. The van der Waals surface area contributed by atoms with E-state index in [0.29, 0.717) is 18.7 Å². The van der Waals surface area contributed by atoms with Gasteiger partial charge in [-0.15, -0.1) is 10.2 Å². The van der Waals surface area contributed by atoms with Crippen LogP contribution in [0.3, 0.4) is 0 Å². The molecule has 1 fully saturated rings. The van der Waals surface area contributed by atoms with E-state index in [1.54, 1.807) is 0 Å². The number of sulfone groups is 1. The topological polar surface area (TPSA) is 127 Å². The Kier molecular flexibility index (Phi) is 3.96. The van der Waals surface area contributed by atoms with Crippen LogP contribution in [-0.2, 0) is 9.84 Å². The van der Waals surface area contributed by atoms with Gasteiger partial charge in [-0.2, -0.15) is 0 Å². The van der Waals surface area contributed by atoms with E-state index in [1.165, 1.54) is 12.1 Å². The van der Waals surface area contributed by atoms with Gasteiger partial charge in [0.1, 0.15) is 0 Å². The van der Waals surface area contributed by atoms with Crippen LogP contribution >= 0.6 is 0 Å². The van der Waals surface area contributed by atoms with Crippen LogP contribution in [0.25, 0.3) is 0 Å². The highest BCUT2D eigenvalue weighted by Crippen LogP contribution is 2.19. The SMILES string of the molecule is NNc1ccc(C(=O)NCC2CCCS2(=O)=O)nn1. The van der Waals surface area contributed by atoms with Gasteiger partial charge in [-0.1, -0.05) is 0 Å². The van der Waals surface area contributed by atoms with Crippen LogP contribution in [0.4, 0.5) is 5.82 Å². The lowest BCUT2D eigenvalue weighted by atomic mass is 10.2. The second-order valence-electron chi connectivity index (χ2n) is 4.29. The minimum atomic E-state index is -3.05. The summed E-state index contributed by atoms with van der Waals surface area (Å²) in [4.78, 5) is 11.8. The van der Waals surface area contributed by atoms with Gasteiger partial charge in [0, 0.05) is 6.54 Å². The maximum atomic E-state index is 11.8. The van der Waals surface area contributed by atoms with Crippen molar-refractivity contribution in [2.75, 3.05) is 17.7 Å². The minimum Gasteiger partial charge on any atom is -0.349 e. The summed E-state index contributed by atoms with van der Waals surface area (Å²) < 4.78 is 23.2. The summed E-state index contributed by atoms with van der Waals surface area (Å²) in [6.45, 7) is 0.111. The van der Waals surface area contributed by atoms with Gasteiger partial charge in [0.15, 0.2) is 21.3 Å². The molecule has 1 aliphatic rings. The maximum absolute atomic E-state index is 11.8. The van der Waals surface area contributed by atoms with E-state index in [-0.39, 0.29) is 18.0 Å². The normalized spacial score (nSPS) is 21.0. The lowest BCUT2D eigenvalue weighted by Gasteiger charge is -2.10. The summed E-state index contributed by atoms with van der Waals surface area (Å²) in [7, 11) is -3.05. The molecule has 1 aliphatic heterocycles. The van der Waals surface area contributed by atoms with Crippen molar-refractivity contribution in [1.82, 2.24) is 15.5 Å². The number of nitrogen functional groups attached to an aromatic ring is 1. The van der Waals surface area contributed by atoms with Gasteiger partial charge in [-0.05, 0) is 25.0 Å². The molecule has 4 N–H and O–H groups in total. The fourth-order valence-corrected chi connectivity index (χ4v) is 3.68. The number of carbonyl (C=O) groups is 1. The Bertz CT molecular complexity index is 557. The molecule has 2 heterocycles. The van der Waals surface area contributed by atoms with Crippen molar-refractivity contribution >= 4 is 21.6 Å². The van der Waals surface area contributed by atoms with Crippen molar-refractivity contribution in [3.8, 4) is 0 Å². The molecule has 9 heteroatoms. The highest BCUT2D eigenvalue weighted by atomic mass is 32.2. The van der Waals surface area contributed by atoms with Gasteiger partial charge in [0.2, 0.25) is 0 Å². The second kappa shape index (κ2) is 5.49. The Balaban J connectivity index is 1.94. The van der Waals surface area contributed by atoms with E-state index in [4.69, 9.17) is 5.84 Å². The number of hydrogen-bond donors (Lipinski definition) is 3. The molecule has 0 radical (unpaired) electrons. The molecule has 1 saturated heterocycles. The molecule has 0 saturated carbocycles. The lowest BCUT2D eigenvalue weighted by Crippen LogP contribution is -2.35. The Hall–Kier alpha value is -1.74. The first-order chi connectivity index (χ1) is 9.03. The molecule has 19 heavy (non-hydrogen) atoms. The number of anilines is 1. The molecule has 1 amide bonds. The minimum absolute atomic E-state index is 0.111. The van der Waals surface area contributed by atoms with Crippen LogP contribution in [0.2, 0.25) is 0 Å². The van der Waals surface area contributed by atoms with E-state index >= 15 is 0 Å². The van der Waals surface area contributed by atoms with Gasteiger partial charge >= 0.3 is 0 Å². The summed E-state index contributed by atoms with van der Waals surface area (Å²) in [5, 5.41) is 9.41. The number of hydrogen-bond acceptors (Lipinski definition) is 7. The Morgan fingerprint density at radius 1 is 1.42 bits per heavy atom. The quantitative estimate of drug-likeness (QED) is 0.481. The highest BCUT2D eigenvalue weighted by molar-refractivity contribution is 7.92. The zero-order chi connectivity index (χ0) is 13.9. The van der Waals surface area contributed by atoms with Crippen molar-refractivity contribution in [3.63, 3.8) is 0 Å². The van der Waals surface area contributed by atoms with E-state index in [9.17, 15) is 13.2 Å². The van der Waals surface area contributed by atoms with Crippen molar-refractivity contribution < 1.29 is 13.2 Å². The largest absolute Gasteiger partial charge is 0.349 e. The first-order valence-corrected chi connectivity index (χ1v) is 7.54.